The van der Waals surface area contributed by atoms with Crippen molar-refractivity contribution in [1.29, 1.82) is 0 Å². The number of hydrogen-bond donors (Lipinski definition) is 1. The summed E-state index contributed by atoms with van der Waals surface area (Å²) in [5.41, 5.74) is 12.9. The molecule has 0 aliphatic heterocycles. The zero-order valence-electron chi connectivity index (χ0n) is 62.5. The first-order chi connectivity index (χ1) is 51.7. The molecule has 0 amide bonds. The summed E-state index contributed by atoms with van der Waals surface area (Å²) >= 11 is 0. The van der Waals surface area contributed by atoms with Gasteiger partial charge in [-0.3, -0.25) is 0 Å². The molecule has 1 radical (unpaired) electrons. The summed E-state index contributed by atoms with van der Waals surface area (Å²) in [5, 5.41) is 0. The molecule has 573 valence electrons. The molecular formula is C84H85ClMnO20P4+2. The molecule has 0 unspecified atom stereocenters. The Balaban J connectivity index is 0.000000199. The van der Waals surface area contributed by atoms with Crippen molar-refractivity contribution < 1.29 is 118 Å². The minimum atomic E-state index is -4.69. The summed E-state index contributed by atoms with van der Waals surface area (Å²) in [6, 6.07) is 86.6. The van der Waals surface area contributed by atoms with Gasteiger partial charge < -0.3 is 54.3 Å². The third-order valence-electron chi connectivity index (χ3n) is 14.9. The second-order valence-electron chi connectivity index (χ2n) is 25.0. The van der Waals surface area contributed by atoms with Crippen molar-refractivity contribution in [2.45, 2.75) is 83.1 Å². The summed E-state index contributed by atoms with van der Waals surface area (Å²) in [6.07, 6.45) is 0. The van der Waals surface area contributed by atoms with Gasteiger partial charge in [-0.15, -0.1) is 0 Å². The van der Waals surface area contributed by atoms with Gasteiger partial charge >= 0.3 is 48.4 Å². The van der Waals surface area contributed by atoms with Crippen LogP contribution in [0.5, 0.6) is 69.0 Å². The second kappa shape index (κ2) is 41.0. The number of rotatable bonds is 24. The molecule has 12 aromatic rings. The summed E-state index contributed by atoms with van der Waals surface area (Å²) < 4.78 is 154. The first-order valence-electron chi connectivity index (χ1n) is 33.9. The quantitative estimate of drug-likeness (QED) is 0.0435. The normalized spacial score (nSPS) is 11.0. The molecule has 20 nitrogen and oxygen atoms in total. The van der Waals surface area contributed by atoms with E-state index in [4.69, 9.17) is 72.9 Å². The molecule has 1 N–H and O–H groups in total. The van der Waals surface area contributed by atoms with Crippen molar-refractivity contribution in [3.63, 3.8) is 0 Å². The second-order valence-corrected chi connectivity index (χ2v) is 31.6. The Kier molecular flexibility index (Phi) is 32.5. The van der Waals surface area contributed by atoms with Gasteiger partial charge in [-0.05, 0) is 229 Å². The first-order valence-corrected chi connectivity index (χ1v) is 41.0. The van der Waals surface area contributed by atoms with Crippen molar-refractivity contribution in [3.05, 3.63) is 358 Å². The van der Waals surface area contributed by atoms with Crippen LogP contribution in [-0.4, -0.2) is 4.66 Å². The molecule has 0 saturated heterocycles. The molecule has 12 rings (SSSR count). The van der Waals surface area contributed by atoms with Crippen LogP contribution in [-0.2, 0) is 35.3 Å². The molecule has 0 aliphatic carbocycles. The van der Waals surface area contributed by atoms with E-state index in [2.05, 4.69) is 0 Å². The van der Waals surface area contributed by atoms with Crippen LogP contribution in [0.2, 0.25) is 0 Å². The summed E-state index contributed by atoms with van der Waals surface area (Å²) in [7, 11) is -20.4. The van der Waals surface area contributed by atoms with E-state index in [1.165, 1.54) is 0 Å². The average Bonchev–Trinajstić information content (AvgIpc) is 0.841. The third-order valence-corrected chi connectivity index (χ3v) is 20.1. The average molecular weight is 1630 g/mol. The predicted octanol–water partition coefficient (Wildman–Crippen LogP) is 20.9. The van der Waals surface area contributed by atoms with Crippen LogP contribution in [0.25, 0.3) is 0 Å². The SMILES string of the molecule is Cc1ccc(OP(=O)(Oc2ccc(C)cc2)Oc2ccc(C)cc2)cc1.Cc1ccc(OP(=O)(Oc2ccc(C)cc2)Oc2ccc(C)cc2)cc1.Cc1ccc(OP(=O)(Oc2ccc(C)cc2)Oc2ccc(C)cc2)cc1.Cc1ccc(OP(=O)(Oc2ccc(C)cc2)Oc2ccc(C)cc2)cc1.[Mn+2].[O-][Cl+3]([O-])([O-])O. The van der Waals surface area contributed by atoms with Gasteiger partial charge in [-0.1, -0.05) is 212 Å². The number of phosphoric ester groups is 4. The molecular weight excluding hydrogens is 1540 g/mol. The third kappa shape index (κ3) is 31.8. The molecule has 0 bridgehead atoms. The zero-order chi connectivity index (χ0) is 78.8. The molecule has 0 aliphatic rings. The fraction of sp³-hybridized carbons (Fsp3) is 0.143. The van der Waals surface area contributed by atoms with Crippen molar-refractivity contribution in [3.8, 4) is 69.0 Å². The Morgan fingerprint density at radius 3 is 0.291 bits per heavy atom. The summed E-state index contributed by atoms with van der Waals surface area (Å²) in [4.78, 5) is 0. The predicted molar refractivity (Wildman–Crippen MR) is 414 cm³/mol. The van der Waals surface area contributed by atoms with Gasteiger partial charge in [0.2, 0.25) is 0 Å². The summed E-state index contributed by atoms with van der Waals surface area (Å²) in [6.45, 7) is 23.6. The van der Waals surface area contributed by atoms with Crippen molar-refractivity contribution in [2.75, 3.05) is 0 Å². The maximum atomic E-state index is 13.3. The first kappa shape index (κ1) is 87.0. The number of halogens is 1. The molecule has 0 atom stereocenters. The van der Waals surface area contributed by atoms with Crippen LogP contribution in [0.3, 0.4) is 0 Å². The molecule has 0 heterocycles. The Morgan fingerprint density at radius 1 is 0.182 bits per heavy atom. The minimum absolute atomic E-state index is 0. The van der Waals surface area contributed by atoms with E-state index < -0.39 is 41.5 Å². The van der Waals surface area contributed by atoms with Crippen LogP contribution in [0, 0.1) is 93.3 Å². The number of benzene rings is 12. The Morgan fingerprint density at radius 2 is 0.236 bits per heavy atom. The van der Waals surface area contributed by atoms with Crippen LogP contribution in [0.15, 0.2) is 291 Å². The monoisotopic (exact) mass is 1630 g/mol. The maximum Gasteiger partial charge on any atom is 2.00 e. The van der Waals surface area contributed by atoms with Crippen molar-refractivity contribution in [2.24, 2.45) is 0 Å². The molecule has 0 spiro atoms. The molecule has 0 aromatic heterocycles. The van der Waals surface area contributed by atoms with Gasteiger partial charge in [0.1, 0.15) is 69.0 Å². The fourth-order valence-electron chi connectivity index (χ4n) is 8.96. The molecule has 12 aromatic carbocycles. The van der Waals surface area contributed by atoms with Gasteiger partial charge in [0.15, 0.2) is 0 Å². The molecule has 0 saturated carbocycles. The number of phosphoric acid groups is 4. The zero-order valence-corrected chi connectivity index (χ0v) is 68.0. The Bertz CT molecular complexity index is 3870. The molecule has 26 heteroatoms. The van der Waals surface area contributed by atoms with Gasteiger partial charge in [-0.25, -0.2) is 0 Å². The molecule has 0 fully saturated rings. The summed E-state index contributed by atoms with van der Waals surface area (Å²) in [5.74, 6) is 4.98. The van der Waals surface area contributed by atoms with Crippen LogP contribution >= 0.6 is 31.3 Å². The number of aryl methyl sites for hydroxylation is 12. The Hall–Kier alpha value is -10.2. The minimum Gasteiger partial charge on any atom is -0.386 e. The van der Waals surface area contributed by atoms with E-state index in [-0.39, 0.29) is 17.1 Å². The van der Waals surface area contributed by atoms with E-state index >= 15 is 0 Å². The molecule has 110 heavy (non-hydrogen) atoms. The van der Waals surface area contributed by atoms with Gasteiger partial charge in [0.25, 0.3) is 0 Å². The van der Waals surface area contributed by atoms with Gasteiger partial charge in [0.05, 0.1) is 14.9 Å². The van der Waals surface area contributed by atoms with Crippen molar-refractivity contribution >= 4 is 31.3 Å². The van der Waals surface area contributed by atoms with E-state index in [1.54, 1.807) is 146 Å². The van der Waals surface area contributed by atoms with Crippen LogP contribution < -0.4 is 68.3 Å². The van der Waals surface area contributed by atoms with E-state index in [9.17, 15) is 18.3 Å². The van der Waals surface area contributed by atoms with Crippen LogP contribution in [0.4, 0.5) is 0 Å². The smallest absolute Gasteiger partial charge is 0.386 e. The van der Waals surface area contributed by atoms with Crippen LogP contribution in [0.1, 0.15) is 66.8 Å². The largest absolute Gasteiger partial charge is 2.00 e. The maximum absolute atomic E-state index is 13.3. The standard InChI is InChI=1S/4C21H21O4P.ClHO4.Mn/c4*1-16-4-10-19(11-5-16)23-26(22,24-20-12-6-17(2)7-13-20)25-21-14-8-18(3)9-15-21;2-1(3,4)5;/h4*4-15H,1-3H3;(H,2,3,4,5);/q;;;;;+2. The van der Waals surface area contributed by atoms with Gasteiger partial charge in [-0.2, -0.15) is 32.2 Å². The fourth-order valence-corrected chi connectivity index (χ4v) is 14.0. The number of hydrogen-bond acceptors (Lipinski definition) is 20. The topological polar surface area (TPSA) is 268 Å². The van der Waals surface area contributed by atoms with E-state index in [0.29, 0.717) is 69.0 Å². The Labute approximate surface area is 655 Å². The van der Waals surface area contributed by atoms with E-state index in [1.807, 2.05) is 229 Å². The van der Waals surface area contributed by atoms with Crippen molar-refractivity contribution in [1.82, 2.24) is 0 Å². The van der Waals surface area contributed by atoms with E-state index in [0.717, 1.165) is 66.8 Å². The van der Waals surface area contributed by atoms with Gasteiger partial charge in [0, 0.05) is 0 Å².